The summed E-state index contributed by atoms with van der Waals surface area (Å²) in [5, 5.41) is 2.48. The highest BCUT2D eigenvalue weighted by molar-refractivity contribution is 6.33. The van der Waals surface area contributed by atoms with E-state index >= 15 is 0 Å². The molecule has 1 amide bonds. The van der Waals surface area contributed by atoms with Gasteiger partial charge in [-0.15, -0.1) is 0 Å². The lowest BCUT2D eigenvalue weighted by Gasteiger charge is -2.07. The molecule has 0 spiro atoms. The van der Waals surface area contributed by atoms with Crippen LogP contribution in [0.25, 0.3) is 0 Å². The number of benzene rings is 2. The zero-order valence-electron chi connectivity index (χ0n) is 11.1. The second-order valence-electron chi connectivity index (χ2n) is 4.23. The van der Waals surface area contributed by atoms with E-state index in [1.165, 1.54) is 18.2 Å². The summed E-state index contributed by atoms with van der Waals surface area (Å²) in [6.07, 6.45) is 0. The average molecular weight is 326 g/mol. The van der Waals surface area contributed by atoms with Crippen molar-refractivity contribution in [2.75, 3.05) is 11.9 Å². The van der Waals surface area contributed by atoms with Crippen LogP contribution in [0.3, 0.4) is 0 Å². The Morgan fingerprint density at radius 2 is 1.82 bits per heavy atom. The van der Waals surface area contributed by atoms with Crippen LogP contribution in [0.5, 0.6) is 0 Å². The van der Waals surface area contributed by atoms with Gasteiger partial charge in [0.2, 0.25) is 0 Å². The van der Waals surface area contributed by atoms with Crippen molar-refractivity contribution in [3.8, 4) is 0 Å². The maximum atomic E-state index is 13.0. The van der Waals surface area contributed by atoms with E-state index in [0.29, 0.717) is 0 Å². The molecule has 0 saturated heterocycles. The predicted octanol–water partition coefficient (Wildman–Crippen LogP) is 3.41. The third-order valence-corrected chi connectivity index (χ3v) is 2.96. The molecule has 0 saturated carbocycles. The number of rotatable bonds is 4. The van der Waals surface area contributed by atoms with Gasteiger partial charge in [-0.3, -0.25) is 4.79 Å². The zero-order chi connectivity index (χ0) is 16.1. The molecule has 0 aliphatic heterocycles. The van der Waals surface area contributed by atoms with Crippen molar-refractivity contribution in [2.45, 2.75) is 0 Å². The van der Waals surface area contributed by atoms with Gasteiger partial charge in [-0.05, 0) is 24.3 Å². The third-order valence-electron chi connectivity index (χ3n) is 2.63. The van der Waals surface area contributed by atoms with Gasteiger partial charge in [-0.2, -0.15) is 0 Å². The molecular weight excluding hydrogens is 316 g/mol. The summed E-state index contributed by atoms with van der Waals surface area (Å²) in [4.78, 5) is 23.3. The third kappa shape index (κ3) is 4.02. The molecule has 22 heavy (non-hydrogen) atoms. The first-order valence-electron chi connectivity index (χ1n) is 6.14. The summed E-state index contributed by atoms with van der Waals surface area (Å²) in [5.74, 6) is -3.56. The minimum Gasteiger partial charge on any atom is -0.452 e. The van der Waals surface area contributed by atoms with E-state index in [-0.39, 0.29) is 16.3 Å². The highest BCUT2D eigenvalue weighted by atomic mass is 35.5. The van der Waals surface area contributed by atoms with Crippen LogP contribution in [0.4, 0.5) is 14.5 Å². The van der Waals surface area contributed by atoms with E-state index in [9.17, 15) is 18.4 Å². The molecule has 0 bridgehead atoms. The Balaban J connectivity index is 1.91. The number of hydrogen-bond acceptors (Lipinski definition) is 3. The smallest absolute Gasteiger partial charge is 0.340 e. The maximum Gasteiger partial charge on any atom is 0.340 e. The molecule has 4 nitrogen and oxygen atoms in total. The Morgan fingerprint density at radius 3 is 2.50 bits per heavy atom. The second-order valence-corrected chi connectivity index (χ2v) is 4.64. The fourth-order valence-electron chi connectivity index (χ4n) is 1.61. The van der Waals surface area contributed by atoms with E-state index < -0.39 is 30.1 Å². The normalized spacial score (nSPS) is 10.1. The molecule has 1 N–H and O–H groups in total. The van der Waals surface area contributed by atoms with Gasteiger partial charge < -0.3 is 10.1 Å². The summed E-state index contributed by atoms with van der Waals surface area (Å²) in [6, 6.07) is 9.10. The SMILES string of the molecule is O=C(COC(=O)c1ccccc1Cl)Nc1ccc(F)c(F)c1. The van der Waals surface area contributed by atoms with Gasteiger partial charge in [0.05, 0.1) is 10.6 Å². The average Bonchev–Trinajstić information content (AvgIpc) is 2.49. The molecular formula is C15H10ClF2NO3. The molecule has 0 radical (unpaired) electrons. The first-order valence-corrected chi connectivity index (χ1v) is 6.51. The molecule has 0 fully saturated rings. The van der Waals surface area contributed by atoms with Crippen molar-refractivity contribution >= 4 is 29.2 Å². The van der Waals surface area contributed by atoms with E-state index in [1.54, 1.807) is 12.1 Å². The van der Waals surface area contributed by atoms with Crippen molar-refractivity contribution in [1.82, 2.24) is 0 Å². The second kappa shape index (κ2) is 7.00. The Morgan fingerprint density at radius 1 is 1.09 bits per heavy atom. The summed E-state index contributed by atoms with van der Waals surface area (Å²) < 4.78 is 30.5. The van der Waals surface area contributed by atoms with Crippen LogP contribution in [0.15, 0.2) is 42.5 Å². The molecule has 114 valence electrons. The summed E-state index contributed by atoms with van der Waals surface area (Å²) in [5.41, 5.74) is 0.183. The number of anilines is 1. The minimum atomic E-state index is -1.09. The van der Waals surface area contributed by atoms with Gasteiger partial charge in [0, 0.05) is 11.8 Å². The number of ether oxygens (including phenoxy) is 1. The Labute approximate surface area is 129 Å². The number of amides is 1. The topological polar surface area (TPSA) is 55.4 Å². The number of hydrogen-bond donors (Lipinski definition) is 1. The number of nitrogens with one attached hydrogen (secondary N) is 1. The molecule has 0 atom stereocenters. The van der Waals surface area contributed by atoms with Crippen LogP contribution in [-0.4, -0.2) is 18.5 Å². The summed E-state index contributed by atoms with van der Waals surface area (Å²) in [6.45, 7) is -0.580. The maximum absolute atomic E-state index is 13.0. The Bertz CT molecular complexity index is 722. The van der Waals surface area contributed by atoms with E-state index in [0.717, 1.165) is 12.1 Å². The lowest BCUT2D eigenvalue weighted by Crippen LogP contribution is -2.21. The fourth-order valence-corrected chi connectivity index (χ4v) is 1.82. The standard InChI is InChI=1S/C15H10ClF2NO3/c16-11-4-2-1-3-10(11)15(21)22-8-14(20)19-9-5-6-12(17)13(18)7-9/h1-7H,8H2,(H,19,20). The van der Waals surface area contributed by atoms with Gasteiger partial charge in [0.25, 0.3) is 5.91 Å². The van der Waals surface area contributed by atoms with Gasteiger partial charge >= 0.3 is 5.97 Å². The highest BCUT2D eigenvalue weighted by Crippen LogP contribution is 2.16. The van der Waals surface area contributed by atoms with Crippen LogP contribution in [0, 0.1) is 11.6 Å². The van der Waals surface area contributed by atoms with Gasteiger partial charge in [0.1, 0.15) is 0 Å². The van der Waals surface area contributed by atoms with Crippen LogP contribution < -0.4 is 5.32 Å². The molecule has 2 rings (SSSR count). The number of esters is 1. The van der Waals surface area contributed by atoms with E-state index in [4.69, 9.17) is 16.3 Å². The fraction of sp³-hybridized carbons (Fsp3) is 0.0667. The van der Waals surface area contributed by atoms with E-state index in [1.807, 2.05) is 0 Å². The molecule has 0 unspecified atom stereocenters. The lowest BCUT2D eigenvalue weighted by molar-refractivity contribution is -0.119. The summed E-state index contributed by atoms with van der Waals surface area (Å²) >= 11 is 5.82. The number of carbonyl (C=O) groups is 2. The van der Waals surface area contributed by atoms with Crippen molar-refractivity contribution in [1.29, 1.82) is 0 Å². The van der Waals surface area contributed by atoms with Crippen molar-refractivity contribution in [2.24, 2.45) is 0 Å². The Kier molecular flexibility index (Phi) is 5.06. The molecule has 7 heteroatoms. The quantitative estimate of drug-likeness (QED) is 0.876. The lowest BCUT2D eigenvalue weighted by atomic mass is 10.2. The number of carbonyl (C=O) groups excluding carboxylic acids is 2. The molecule has 0 heterocycles. The van der Waals surface area contributed by atoms with E-state index in [2.05, 4.69) is 5.32 Å². The van der Waals surface area contributed by atoms with Crippen molar-refractivity contribution in [3.05, 3.63) is 64.7 Å². The van der Waals surface area contributed by atoms with Gasteiger partial charge in [-0.25, -0.2) is 13.6 Å². The van der Waals surface area contributed by atoms with Gasteiger partial charge in [-0.1, -0.05) is 23.7 Å². The molecule has 0 aliphatic carbocycles. The first-order chi connectivity index (χ1) is 10.5. The summed E-state index contributed by atoms with van der Waals surface area (Å²) in [7, 11) is 0. The van der Waals surface area contributed by atoms with Crippen LogP contribution in [0.1, 0.15) is 10.4 Å². The first kappa shape index (κ1) is 15.9. The predicted molar refractivity (Wildman–Crippen MR) is 76.7 cm³/mol. The largest absolute Gasteiger partial charge is 0.452 e. The molecule has 0 aromatic heterocycles. The molecule has 2 aromatic rings. The van der Waals surface area contributed by atoms with Crippen molar-refractivity contribution < 1.29 is 23.1 Å². The van der Waals surface area contributed by atoms with Crippen LogP contribution >= 0.6 is 11.6 Å². The van der Waals surface area contributed by atoms with Crippen LogP contribution in [-0.2, 0) is 9.53 Å². The minimum absolute atomic E-state index is 0.0534. The van der Waals surface area contributed by atoms with Crippen molar-refractivity contribution in [3.63, 3.8) is 0 Å². The van der Waals surface area contributed by atoms with Gasteiger partial charge in [0.15, 0.2) is 18.2 Å². The highest BCUT2D eigenvalue weighted by Gasteiger charge is 2.13. The van der Waals surface area contributed by atoms with Crippen LogP contribution in [0.2, 0.25) is 5.02 Å². The zero-order valence-corrected chi connectivity index (χ0v) is 11.9. The number of halogens is 3. The molecule has 2 aromatic carbocycles. The molecule has 0 aliphatic rings. The Hall–Kier alpha value is -2.47. The monoisotopic (exact) mass is 325 g/mol.